The number of fused-ring (bicyclic) bond motifs is 1. The number of alkyl carbamates (subject to hydrolysis) is 1. The van der Waals surface area contributed by atoms with Crippen molar-refractivity contribution in [3.05, 3.63) is 30.1 Å². The number of aromatic nitrogens is 2. The van der Waals surface area contributed by atoms with Crippen molar-refractivity contribution in [1.29, 1.82) is 0 Å². The van der Waals surface area contributed by atoms with Gasteiger partial charge in [0.2, 0.25) is 5.91 Å². The lowest BCUT2D eigenvalue weighted by molar-refractivity contribution is -0.116. The smallest absolute Gasteiger partial charge is 0.407 e. The summed E-state index contributed by atoms with van der Waals surface area (Å²) in [6.07, 6.45) is 1.50. The molecule has 7 nitrogen and oxygen atoms in total. The number of carbonyl (C=O) groups is 2. The third-order valence-corrected chi connectivity index (χ3v) is 3.05. The molecule has 0 unspecified atom stereocenters. The Labute approximate surface area is 135 Å². The molecule has 0 aliphatic heterocycles. The standard InChI is InChI=1S/C16H22N4O3/c1-11-14(18-12-7-5-6-10-20(11)12)19-13(21)8-9-17-15(22)23-16(2,3)4/h5-7,10H,8-9H2,1-4H3,(H,17,22)(H,19,21). The third-order valence-electron chi connectivity index (χ3n) is 3.05. The normalized spacial score (nSPS) is 11.3. The average Bonchev–Trinajstić information content (AvgIpc) is 2.74. The Morgan fingerprint density at radius 1 is 1.30 bits per heavy atom. The first-order valence-corrected chi connectivity index (χ1v) is 7.46. The van der Waals surface area contributed by atoms with Gasteiger partial charge >= 0.3 is 6.09 Å². The van der Waals surface area contributed by atoms with Crippen LogP contribution in [0.15, 0.2) is 24.4 Å². The monoisotopic (exact) mass is 318 g/mol. The number of imidazole rings is 1. The number of aryl methyl sites for hydroxylation is 1. The van der Waals surface area contributed by atoms with E-state index in [4.69, 9.17) is 4.74 Å². The highest BCUT2D eigenvalue weighted by molar-refractivity contribution is 5.91. The maximum atomic E-state index is 12.0. The maximum absolute atomic E-state index is 12.0. The molecule has 2 heterocycles. The highest BCUT2D eigenvalue weighted by Crippen LogP contribution is 2.16. The van der Waals surface area contributed by atoms with Crippen molar-refractivity contribution in [3.63, 3.8) is 0 Å². The first-order chi connectivity index (χ1) is 10.8. The van der Waals surface area contributed by atoms with Crippen molar-refractivity contribution >= 4 is 23.5 Å². The SMILES string of the molecule is Cc1c(NC(=O)CCNC(=O)OC(C)(C)C)nc2ccccn12. The summed E-state index contributed by atoms with van der Waals surface area (Å²) in [7, 11) is 0. The fourth-order valence-corrected chi connectivity index (χ4v) is 2.02. The molecule has 0 spiro atoms. The van der Waals surface area contributed by atoms with Gasteiger partial charge in [0.25, 0.3) is 0 Å². The summed E-state index contributed by atoms with van der Waals surface area (Å²) in [6, 6.07) is 5.66. The van der Waals surface area contributed by atoms with Gasteiger partial charge in [-0.15, -0.1) is 0 Å². The Hall–Kier alpha value is -2.57. The summed E-state index contributed by atoms with van der Waals surface area (Å²) < 4.78 is 7.00. The van der Waals surface area contributed by atoms with E-state index in [-0.39, 0.29) is 18.9 Å². The van der Waals surface area contributed by atoms with Gasteiger partial charge in [0.05, 0.1) is 5.69 Å². The number of nitrogens with zero attached hydrogens (tertiary/aromatic N) is 2. The summed E-state index contributed by atoms with van der Waals surface area (Å²) in [5, 5.41) is 5.31. The second-order valence-corrected chi connectivity index (χ2v) is 6.20. The lowest BCUT2D eigenvalue weighted by Gasteiger charge is -2.19. The molecule has 0 saturated heterocycles. The molecular formula is C16H22N4O3. The topological polar surface area (TPSA) is 84.7 Å². The molecule has 0 saturated carbocycles. The largest absolute Gasteiger partial charge is 0.444 e. The zero-order valence-electron chi connectivity index (χ0n) is 13.8. The summed E-state index contributed by atoms with van der Waals surface area (Å²) in [6.45, 7) is 7.43. The third kappa shape index (κ3) is 4.70. The Morgan fingerprint density at radius 3 is 2.70 bits per heavy atom. The minimum absolute atomic E-state index is 0.145. The van der Waals surface area contributed by atoms with Crippen LogP contribution in [0.1, 0.15) is 32.9 Å². The minimum atomic E-state index is -0.556. The van der Waals surface area contributed by atoms with Crippen molar-refractivity contribution in [1.82, 2.24) is 14.7 Å². The predicted molar refractivity (Wildman–Crippen MR) is 87.4 cm³/mol. The summed E-state index contributed by atoms with van der Waals surface area (Å²) in [5.41, 5.74) is 1.07. The summed E-state index contributed by atoms with van der Waals surface area (Å²) >= 11 is 0. The van der Waals surface area contributed by atoms with Crippen LogP contribution >= 0.6 is 0 Å². The van der Waals surface area contributed by atoms with Crippen molar-refractivity contribution in [2.75, 3.05) is 11.9 Å². The number of hydrogen-bond donors (Lipinski definition) is 2. The van der Waals surface area contributed by atoms with Crippen LogP contribution in [0.2, 0.25) is 0 Å². The molecule has 7 heteroatoms. The van der Waals surface area contributed by atoms with Gasteiger partial charge < -0.3 is 19.8 Å². The van der Waals surface area contributed by atoms with Gasteiger partial charge in [0, 0.05) is 19.2 Å². The van der Waals surface area contributed by atoms with Crippen molar-refractivity contribution in [2.24, 2.45) is 0 Å². The van der Waals surface area contributed by atoms with Crippen LogP contribution in [0.5, 0.6) is 0 Å². The molecule has 0 aromatic carbocycles. The van der Waals surface area contributed by atoms with E-state index >= 15 is 0 Å². The number of hydrogen-bond acceptors (Lipinski definition) is 4. The fourth-order valence-electron chi connectivity index (χ4n) is 2.02. The molecule has 0 radical (unpaired) electrons. The molecule has 0 fully saturated rings. The number of carbonyl (C=O) groups excluding carboxylic acids is 2. The van der Waals surface area contributed by atoms with Crippen molar-refractivity contribution in [2.45, 2.75) is 39.7 Å². The first-order valence-electron chi connectivity index (χ1n) is 7.46. The quantitative estimate of drug-likeness (QED) is 0.907. The molecule has 23 heavy (non-hydrogen) atoms. The van der Waals surface area contributed by atoms with E-state index in [0.29, 0.717) is 5.82 Å². The number of anilines is 1. The van der Waals surface area contributed by atoms with Crippen LogP contribution in [-0.2, 0) is 9.53 Å². The van der Waals surface area contributed by atoms with E-state index in [0.717, 1.165) is 11.3 Å². The van der Waals surface area contributed by atoms with E-state index in [9.17, 15) is 9.59 Å². The van der Waals surface area contributed by atoms with Gasteiger partial charge in [-0.05, 0) is 39.8 Å². The van der Waals surface area contributed by atoms with Crippen LogP contribution in [0.3, 0.4) is 0 Å². The van der Waals surface area contributed by atoms with Crippen molar-refractivity contribution in [3.8, 4) is 0 Å². The first kappa shape index (κ1) is 16.8. The number of nitrogens with one attached hydrogen (secondary N) is 2. The molecule has 2 N–H and O–H groups in total. The van der Waals surface area contributed by atoms with Crippen LogP contribution in [-0.4, -0.2) is 33.5 Å². The molecule has 124 valence electrons. The van der Waals surface area contributed by atoms with Gasteiger partial charge in [-0.25, -0.2) is 9.78 Å². The molecule has 0 aliphatic carbocycles. The van der Waals surface area contributed by atoms with Crippen LogP contribution in [0, 0.1) is 6.92 Å². The molecule has 2 rings (SSSR count). The predicted octanol–water partition coefficient (Wildman–Crippen LogP) is 2.50. The summed E-state index contributed by atoms with van der Waals surface area (Å²) in [4.78, 5) is 27.8. The Kier molecular flexibility index (Phi) is 4.88. The second-order valence-electron chi connectivity index (χ2n) is 6.20. The second kappa shape index (κ2) is 6.68. The Bertz CT molecular complexity index is 716. The van der Waals surface area contributed by atoms with E-state index in [1.54, 1.807) is 20.8 Å². The van der Waals surface area contributed by atoms with E-state index in [1.165, 1.54) is 0 Å². The highest BCUT2D eigenvalue weighted by atomic mass is 16.6. The van der Waals surface area contributed by atoms with Gasteiger partial charge in [-0.1, -0.05) is 6.07 Å². The van der Waals surface area contributed by atoms with Crippen LogP contribution < -0.4 is 10.6 Å². The molecule has 0 aliphatic rings. The Balaban J connectivity index is 1.85. The summed E-state index contributed by atoms with van der Waals surface area (Å²) in [5.74, 6) is 0.311. The fraction of sp³-hybridized carbons (Fsp3) is 0.438. The minimum Gasteiger partial charge on any atom is -0.444 e. The maximum Gasteiger partial charge on any atom is 0.407 e. The average molecular weight is 318 g/mol. The zero-order valence-corrected chi connectivity index (χ0v) is 13.8. The van der Waals surface area contributed by atoms with Gasteiger partial charge in [-0.2, -0.15) is 0 Å². The zero-order chi connectivity index (χ0) is 17.0. The number of ether oxygens (including phenoxy) is 1. The van der Waals surface area contributed by atoms with Gasteiger partial charge in [-0.3, -0.25) is 4.79 Å². The Morgan fingerprint density at radius 2 is 2.04 bits per heavy atom. The molecular weight excluding hydrogens is 296 g/mol. The molecule has 2 amide bonds. The molecule has 0 bridgehead atoms. The lowest BCUT2D eigenvalue weighted by Crippen LogP contribution is -2.34. The van der Waals surface area contributed by atoms with Gasteiger partial charge in [0.1, 0.15) is 11.2 Å². The van der Waals surface area contributed by atoms with Crippen molar-refractivity contribution < 1.29 is 14.3 Å². The number of amides is 2. The van der Waals surface area contributed by atoms with E-state index in [1.807, 2.05) is 35.7 Å². The highest BCUT2D eigenvalue weighted by Gasteiger charge is 2.16. The molecule has 2 aromatic rings. The van der Waals surface area contributed by atoms with E-state index in [2.05, 4.69) is 15.6 Å². The van der Waals surface area contributed by atoms with E-state index < -0.39 is 11.7 Å². The molecule has 2 aromatic heterocycles. The lowest BCUT2D eigenvalue weighted by atomic mass is 10.2. The number of rotatable bonds is 4. The van der Waals surface area contributed by atoms with Gasteiger partial charge in [0.15, 0.2) is 5.82 Å². The molecule has 0 atom stereocenters. The van der Waals surface area contributed by atoms with Crippen LogP contribution in [0.25, 0.3) is 5.65 Å². The van der Waals surface area contributed by atoms with Crippen LogP contribution in [0.4, 0.5) is 10.6 Å². The number of pyridine rings is 1.